The zero-order valence-electron chi connectivity index (χ0n) is 10.1. The Morgan fingerprint density at radius 2 is 2.21 bits per heavy atom. The quantitative estimate of drug-likeness (QED) is 0.733. The standard InChI is InChI=1S/C11H13FN4O2S/c1-7(11-14-4-5-15-11)16-19(17,18)8-2-3-9(12)10(13)6-8/h2-7,16H,13H2,1H3,(H,14,15). The summed E-state index contributed by atoms with van der Waals surface area (Å²) in [5.74, 6) is -0.170. The largest absolute Gasteiger partial charge is 0.396 e. The van der Waals surface area contributed by atoms with Crippen molar-refractivity contribution in [2.75, 3.05) is 5.73 Å². The van der Waals surface area contributed by atoms with Gasteiger partial charge in [0.15, 0.2) is 0 Å². The second kappa shape index (κ2) is 4.98. The SMILES string of the molecule is CC(NS(=O)(=O)c1ccc(F)c(N)c1)c1ncc[nH]1. The number of aromatic nitrogens is 2. The van der Waals surface area contributed by atoms with Gasteiger partial charge in [-0.25, -0.2) is 22.5 Å². The van der Waals surface area contributed by atoms with E-state index in [0.29, 0.717) is 5.82 Å². The van der Waals surface area contributed by atoms with E-state index in [0.717, 1.165) is 18.2 Å². The van der Waals surface area contributed by atoms with Gasteiger partial charge in [0.05, 0.1) is 16.6 Å². The maximum atomic E-state index is 13.0. The lowest BCUT2D eigenvalue weighted by Crippen LogP contribution is -2.27. The average molecular weight is 284 g/mol. The summed E-state index contributed by atoms with van der Waals surface area (Å²) in [5.41, 5.74) is 5.14. The minimum absolute atomic E-state index is 0.0928. The molecule has 0 bridgehead atoms. The first-order valence-electron chi connectivity index (χ1n) is 5.47. The molecule has 0 aliphatic carbocycles. The zero-order valence-corrected chi connectivity index (χ0v) is 10.9. The first kappa shape index (κ1) is 13.5. The molecule has 0 saturated heterocycles. The van der Waals surface area contributed by atoms with Crippen LogP contribution in [0.1, 0.15) is 18.8 Å². The van der Waals surface area contributed by atoms with E-state index in [1.165, 1.54) is 6.20 Å². The molecule has 0 radical (unpaired) electrons. The second-order valence-corrected chi connectivity index (χ2v) is 5.71. The average Bonchev–Trinajstić information content (AvgIpc) is 2.85. The summed E-state index contributed by atoms with van der Waals surface area (Å²) in [6, 6.07) is 2.71. The van der Waals surface area contributed by atoms with Crippen LogP contribution in [0, 0.1) is 5.82 Å². The van der Waals surface area contributed by atoms with Crippen molar-refractivity contribution in [3.05, 3.63) is 42.2 Å². The Balaban J connectivity index is 2.25. The first-order chi connectivity index (χ1) is 8.90. The highest BCUT2D eigenvalue weighted by Gasteiger charge is 2.20. The molecule has 2 rings (SSSR count). The smallest absolute Gasteiger partial charge is 0.241 e. The molecule has 0 saturated carbocycles. The van der Waals surface area contributed by atoms with Gasteiger partial charge in [-0.05, 0) is 25.1 Å². The number of nitrogens with two attached hydrogens (primary N) is 1. The van der Waals surface area contributed by atoms with Crippen LogP contribution in [0.2, 0.25) is 0 Å². The molecule has 0 fully saturated rings. The molecule has 2 aromatic rings. The Morgan fingerprint density at radius 3 is 2.79 bits per heavy atom. The van der Waals surface area contributed by atoms with E-state index in [9.17, 15) is 12.8 Å². The molecule has 102 valence electrons. The number of hydrogen-bond acceptors (Lipinski definition) is 4. The van der Waals surface area contributed by atoms with Crippen LogP contribution in [-0.2, 0) is 10.0 Å². The van der Waals surface area contributed by atoms with E-state index in [4.69, 9.17) is 5.73 Å². The van der Waals surface area contributed by atoms with Crippen molar-refractivity contribution < 1.29 is 12.8 Å². The molecular weight excluding hydrogens is 271 g/mol. The number of imidazole rings is 1. The van der Waals surface area contributed by atoms with Gasteiger partial charge in [-0.15, -0.1) is 0 Å². The van der Waals surface area contributed by atoms with Crippen LogP contribution in [0.15, 0.2) is 35.5 Å². The van der Waals surface area contributed by atoms with E-state index in [1.807, 2.05) is 0 Å². The molecule has 1 heterocycles. The van der Waals surface area contributed by atoms with Crippen LogP contribution < -0.4 is 10.5 Å². The second-order valence-electron chi connectivity index (χ2n) is 4.00. The van der Waals surface area contributed by atoms with Crippen molar-refractivity contribution in [2.45, 2.75) is 17.9 Å². The molecule has 6 nitrogen and oxygen atoms in total. The van der Waals surface area contributed by atoms with Crippen LogP contribution in [0.5, 0.6) is 0 Å². The molecule has 8 heteroatoms. The van der Waals surface area contributed by atoms with Crippen molar-refractivity contribution in [3.63, 3.8) is 0 Å². The summed E-state index contributed by atoms with van der Waals surface area (Å²) in [4.78, 5) is 6.67. The summed E-state index contributed by atoms with van der Waals surface area (Å²) in [7, 11) is -3.78. The lowest BCUT2D eigenvalue weighted by molar-refractivity contribution is 0.560. The molecule has 1 atom stereocenters. The van der Waals surface area contributed by atoms with Gasteiger partial charge >= 0.3 is 0 Å². The van der Waals surface area contributed by atoms with Gasteiger partial charge in [0.25, 0.3) is 0 Å². The number of nitrogens with one attached hydrogen (secondary N) is 2. The van der Waals surface area contributed by atoms with E-state index in [-0.39, 0.29) is 10.6 Å². The van der Waals surface area contributed by atoms with Gasteiger partial charge in [0.2, 0.25) is 10.0 Å². The van der Waals surface area contributed by atoms with E-state index in [1.54, 1.807) is 13.1 Å². The monoisotopic (exact) mass is 284 g/mol. The number of sulfonamides is 1. The van der Waals surface area contributed by atoms with Crippen LogP contribution >= 0.6 is 0 Å². The summed E-state index contributed by atoms with van der Waals surface area (Å²) in [6.45, 7) is 1.64. The van der Waals surface area contributed by atoms with Crippen molar-refractivity contribution in [1.82, 2.24) is 14.7 Å². The lowest BCUT2D eigenvalue weighted by Gasteiger charge is -2.12. The number of hydrogen-bond donors (Lipinski definition) is 3. The number of nitrogens with zero attached hydrogens (tertiary/aromatic N) is 1. The third-order valence-electron chi connectivity index (χ3n) is 2.54. The summed E-state index contributed by atoms with van der Waals surface area (Å²) in [6.07, 6.45) is 3.12. The predicted molar refractivity (Wildman–Crippen MR) is 68.1 cm³/mol. The van der Waals surface area contributed by atoms with E-state index < -0.39 is 21.9 Å². The van der Waals surface area contributed by atoms with Crippen molar-refractivity contribution in [1.29, 1.82) is 0 Å². The Kier molecular flexibility index (Phi) is 3.54. The molecule has 0 aliphatic rings. The van der Waals surface area contributed by atoms with Gasteiger partial charge in [0.1, 0.15) is 11.6 Å². The molecule has 1 aromatic heterocycles. The van der Waals surface area contributed by atoms with Gasteiger partial charge in [0, 0.05) is 12.4 Å². The predicted octanol–water partition coefficient (Wildman–Crippen LogP) is 1.17. The number of nitrogen functional groups attached to an aromatic ring is 1. The Bertz CT molecular complexity index is 670. The fourth-order valence-corrected chi connectivity index (χ4v) is 2.80. The van der Waals surface area contributed by atoms with E-state index >= 15 is 0 Å². The van der Waals surface area contributed by atoms with Crippen LogP contribution in [-0.4, -0.2) is 18.4 Å². The zero-order chi connectivity index (χ0) is 14.0. The normalized spacial score (nSPS) is 13.4. The van der Waals surface area contributed by atoms with Gasteiger partial charge in [-0.1, -0.05) is 0 Å². The fourth-order valence-electron chi connectivity index (χ4n) is 1.56. The summed E-state index contributed by atoms with van der Waals surface area (Å²) >= 11 is 0. The Hall–Kier alpha value is -1.93. The molecule has 0 spiro atoms. The maximum absolute atomic E-state index is 13.0. The molecule has 1 unspecified atom stereocenters. The minimum Gasteiger partial charge on any atom is -0.396 e. The lowest BCUT2D eigenvalue weighted by atomic mass is 10.3. The van der Waals surface area contributed by atoms with Crippen LogP contribution in [0.25, 0.3) is 0 Å². The highest BCUT2D eigenvalue weighted by Crippen LogP contribution is 2.18. The topological polar surface area (TPSA) is 101 Å². The first-order valence-corrected chi connectivity index (χ1v) is 6.95. The molecule has 0 aliphatic heterocycles. The van der Waals surface area contributed by atoms with Crippen molar-refractivity contribution >= 4 is 15.7 Å². The van der Waals surface area contributed by atoms with Crippen molar-refractivity contribution in [2.24, 2.45) is 0 Å². The summed E-state index contributed by atoms with van der Waals surface area (Å²) < 4.78 is 39.6. The van der Waals surface area contributed by atoms with Crippen molar-refractivity contribution in [3.8, 4) is 0 Å². The highest BCUT2D eigenvalue weighted by atomic mass is 32.2. The number of H-pyrrole nitrogens is 1. The minimum atomic E-state index is -3.78. The van der Waals surface area contributed by atoms with Gasteiger partial charge in [-0.2, -0.15) is 0 Å². The van der Waals surface area contributed by atoms with Crippen LogP contribution in [0.4, 0.5) is 10.1 Å². The number of rotatable bonds is 4. The van der Waals surface area contributed by atoms with Gasteiger partial charge < -0.3 is 10.7 Å². The van der Waals surface area contributed by atoms with Gasteiger partial charge in [-0.3, -0.25) is 0 Å². The third-order valence-corrected chi connectivity index (χ3v) is 4.08. The van der Waals surface area contributed by atoms with E-state index in [2.05, 4.69) is 14.7 Å². The number of anilines is 1. The molecular formula is C11H13FN4O2S. The Labute approximate surface area is 109 Å². The number of aromatic amines is 1. The molecule has 19 heavy (non-hydrogen) atoms. The molecule has 0 amide bonds. The Morgan fingerprint density at radius 1 is 1.47 bits per heavy atom. The highest BCUT2D eigenvalue weighted by molar-refractivity contribution is 7.89. The third kappa shape index (κ3) is 2.91. The molecule has 1 aromatic carbocycles. The summed E-state index contributed by atoms with van der Waals surface area (Å²) in [5, 5.41) is 0. The number of halogens is 1. The fraction of sp³-hybridized carbons (Fsp3) is 0.182. The molecule has 4 N–H and O–H groups in total. The number of benzene rings is 1. The van der Waals surface area contributed by atoms with Crippen LogP contribution in [0.3, 0.4) is 0 Å². The maximum Gasteiger partial charge on any atom is 0.241 e.